The lowest BCUT2D eigenvalue weighted by atomic mass is 9.97. The molecule has 0 aliphatic heterocycles. The monoisotopic (exact) mass is 252 g/mol. The molecule has 1 unspecified atom stereocenters. The molecule has 0 fully saturated rings. The average molecular weight is 252 g/mol. The molecule has 1 atom stereocenters. The van der Waals surface area contributed by atoms with Crippen LogP contribution in [-0.2, 0) is 0 Å². The van der Waals surface area contributed by atoms with E-state index in [9.17, 15) is 0 Å². The van der Waals surface area contributed by atoms with E-state index in [1.807, 2.05) is 0 Å². The molecule has 4 heteroatoms. The maximum absolute atomic E-state index is 4.22. The van der Waals surface area contributed by atoms with Crippen molar-refractivity contribution in [2.24, 2.45) is 0 Å². The summed E-state index contributed by atoms with van der Waals surface area (Å²) in [4.78, 5) is 0. The summed E-state index contributed by atoms with van der Waals surface area (Å²) in [5.74, 6) is 0. The molecular formula is C15H16N4. The summed E-state index contributed by atoms with van der Waals surface area (Å²) in [6.45, 7) is 2.97. The number of hydrogen-bond donors (Lipinski definition) is 2. The Balaban J connectivity index is 2.15. The van der Waals surface area contributed by atoms with Gasteiger partial charge in [-0.25, -0.2) is 0 Å². The predicted molar refractivity (Wildman–Crippen MR) is 75.9 cm³/mol. The maximum Gasteiger partial charge on any atom is 0.104 e. The molecule has 0 amide bonds. The summed E-state index contributed by atoms with van der Waals surface area (Å²) in [5.41, 5.74) is 2.15. The molecule has 0 saturated heterocycles. The first kappa shape index (κ1) is 11.9. The van der Waals surface area contributed by atoms with E-state index in [1.54, 1.807) is 6.20 Å². The molecule has 19 heavy (non-hydrogen) atoms. The van der Waals surface area contributed by atoms with Crippen LogP contribution in [0.2, 0.25) is 0 Å². The molecule has 2 N–H and O–H groups in total. The third-order valence-corrected chi connectivity index (χ3v) is 3.27. The van der Waals surface area contributed by atoms with Crippen molar-refractivity contribution >= 4 is 10.8 Å². The summed E-state index contributed by atoms with van der Waals surface area (Å²) in [6, 6.07) is 14.8. The van der Waals surface area contributed by atoms with Crippen molar-refractivity contribution in [2.75, 3.05) is 6.54 Å². The predicted octanol–water partition coefficient (Wildman–Crippen LogP) is 2.66. The van der Waals surface area contributed by atoms with Gasteiger partial charge in [0.25, 0.3) is 0 Å². The van der Waals surface area contributed by atoms with E-state index in [-0.39, 0.29) is 6.04 Å². The lowest BCUT2D eigenvalue weighted by Crippen LogP contribution is -2.22. The standard InChI is InChI=1S/C15H16N4/c1-2-16-15(14-10-17-19-18-14)13-9-5-7-11-6-3-4-8-12(11)13/h3-10,15-16H,2H2,1H3,(H,17,18,19). The highest BCUT2D eigenvalue weighted by molar-refractivity contribution is 5.86. The first-order chi connectivity index (χ1) is 9.40. The molecule has 2 aromatic carbocycles. The summed E-state index contributed by atoms with van der Waals surface area (Å²) < 4.78 is 0. The average Bonchev–Trinajstić information content (AvgIpc) is 2.98. The first-order valence-corrected chi connectivity index (χ1v) is 6.47. The van der Waals surface area contributed by atoms with Crippen molar-refractivity contribution in [2.45, 2.75) is 13.0 Å². The summed E-state index contributed by atoms with van der Waals surface area (Å²) >= 11 is 0. The second-order valence-electron chi connectivity index (χ2n) is 4.45. The Morgan fingerprint density at radius 2 is 2.00 bits per heavy atom. The minimum atomic E-state index is 0.0647. The Labute approximate surface area is 111 Å². The quantitative estimate of drug-likeness (QED) is 0.750. The van der Waals surface area contributed by atoms with E-state index in [0.717, 1.165) is 12.2 Å². The van der Waals surface area contributed by atoms with Crippen molar-refractivity contribution < 1.29 is 0 Å². The smallest absolute Gasteiger partial charge is 0.104 e. The summed E-state index contributed by atoms with van der Waals surface area (Å²) in [6.07, 6.45) is 1.77. The molecule has 0 saturated carbocycles. The SMILES string of the molecule is CCNC(c1cn[nH]n1)c1cccc2ccccc12. The molecule has 3 rings (SSSR count). The van der Waals surface area contributed by atoms with E-state index in [1.165, 1.54) is 16.3 Å². The fraction of sp³-hybridized carbons (Fsp3) is 0.200. The molecule has 0 spiro atoms. The molecule has 96 valence electrons. The van der Waals surface area contributed by atoms with E-state index < -0.39 is 0 Å². The third-order valence-electron chi connectivity index (χ3n) is 3.27. The van der Waals surface area contributed by atoms with Gasteiger partial charge in [-0.2, -0.15) is 15.4 Å². The van der Waals surface area contributed by atoms with Gasteiger partial charge in [0.15, 0.2) is 0 Å². The zero-order valence-corrected chi connectivity index (χ0v) is 10.8. The van der Waals surface area contributed by atoms with Gasteiger partial charge >= 0.3 is 0 Å². The Kier molecular flexibility index (Phi) is 3.25. The topological polar surface area (TPSA) is 53.6 Å². The third kappa shape index (κ3) is 2.22. The number of H-pyrrole nitrogens is 1. The van der Waals surface area contributed by atoms with E-state index >= 15 is 0 Å². The van der Waals surface area contributed by atoms with E-state index in [4.69, 9.17) is 0 Å². The Morgan fingerprint density at radius 3 is 2.79 bits per heavy atom. The van der Waals surface area contributed by atoms with E-state index in [2.05, 4.69) is 70.1 Å². The summed E-state index contributed by atoms with van der Waals surface area (Å²) in [7, 11) is 0. The molecule has 4 nitrogen and oxygen atoms in total. The number of nitrogens with one attached hydrogen (secondary N) is 2. The van der Waals surface area contributed by atoms with Crippen LogP contribution in [-0.4, -0.2) is 22.0 Å². The molecule has 3 aromatic rings. The zero-order chi connectivity index (χ0) is 13.1. The number of rotatable bonds is 4. The first-order valence-electron chi connectivity index (χ1n) is 6.47. The van der Waals surface area contributed by atoms with Crippen LogP contribution < -0.4 is 5.32 Å². The van der Waals surface area contributed by atoms with Crippen molar-refractivity contribution in [3.8, 4) is 0 Å². The highest BCUT2D eigenvalue weighted by atomic mass is 15.3. The molecule has 0 radical (unpaired) electrons. The van der Waals surface area contributed by atoms with Crippen LogP contribution in [0.4, 0.5) is 0 Å². The fourth-order valence-corrected chi connectivity index (χ4v) is 2.43. The van der Waals surface area contributed by atoms with Crippen molar-refractivity contribution in [3.05, 3.63) is 59.9 Å². The highest BCUT2D eigenvalue weighted by Gasteiger charge is 2.17. The molecule has 1 aromatic heterocycles. The number of aromatic amines is 1. The molecule has 1 heterocycles. The van der Waals surface area contributed by atoms with Gasteiger partial charge in [-0.05, 0) is 22.9 Å². The van der Waals surface area contributed by atoms with Crippen LogP contribution in [0.1, 0.15) is 24.2 Å². The van der Waals surface area contributed by atoms with Gasteiger partial charge in [0.05, 0.1) is 12.2 Å². The lowest BCUT2D eigenvalue weighted by Gasteiger charge is -2.17. The number of fused-ring (bicyclic) bond motifs is 1. The minimum absolute atomic E-state index is 0.0647. The van der Waals surface area contributed by atoms with Crippen molar-refractivity contribution in [3.63, 3.8) is 0 Å². The normalized spacial score (nSPS) is 12.7. The number of hydrogen-bond acceptors (Lipinski definition) is 3. The van der Waals surface area contributed by atoms with Crippen LogP contribution in [0.3, 0.4) is 0 Å². The second kappa shape index (κ2) is 5.20. The van der Waals surface area contributed by atoms with E-state index in [0.29, 0.717) is 0 Å². The Bertz CT molecular complexity index is 655. The molecule has 0 bridgehead atoms. The Morgan fingerprint density at radius 1 is 1.16 bits per heavy atom. The van der Waals surface area contributed by atoms with Crippen LogP contribution in [0.5, 0.6) is 0 Å². The van der Waals surface area contributed by atoms with Gasteiger partial charge in [-0.1, -0.05) is 49.4 Å². The summed E-state index contributed by atoms with van der Waals surface area (Å²) in [5, 5.41) is 16.8. The maximum atomic E-state index is 4.22. The van der Waals surface area contributed by atoms with Crippen LogP contribution in [0.15, 0.2) is 48.7 Å². The van der Waals surface area contributed by atoms with Gasteiger partial charge in [0.2, 0.25) is 0 Å². The van der Waals surface area contributed by atoms with Crippen LogP contribution in [0, 0.1) is 0 Å². The fourth-order valence-electron chi connectivity index (χ4n) is 2.43. The number of nitrogens with zero attached hydrogens (tertiary/aromatic N) is 2. The van der Waals surface area contributed by atoms with Gasteiger partial charge < -0.3 is 5.32 Å². The van der Waals surface area contributed by atoms with Gasteiger partial charge in [0, 0.05) is 0 Å². The van der Waals surface area contributed by atoms with Crippen LogP contribution in [0.25, 0.3) is 10.8 Å². The van der Waals surface area contributed by atoms with Gasteiger partial charge in [0.1, 0.15) is 5.69 Å². The van der Waals surface area contributed by atoms with Gasteiger partial charge in [-0.3, -0.25) is 0 Å². The highest BCUT2D eigenvalue weighted by Crippen LogP contribution is 2.27. The van der Waals surface area contributed by atoms with Crippen LogP contribution >= 0.6 is 0 Å². The molecule has 0 aliphatic carbocycles. The lowest BCUT2D eigenvalue weighted by molar-refractivity contribution is 0.617. The molecular weight excluding hydrogens is 236 g/mol. The second-order valence-corrected chi connectivity index (χ2v) is 4.45. The van der Waals surface area contributed by atoms with Crippen molar-refractivity contribution in [1.29, 1.82) is 0 Å². The largest absolute Gasteiger partial charge is 0.305 e. The van der Waals surface area contributed by atoms with Crippen molar-refractivity contribution in [1.82, 2.24) is 20.7 Å². The molecule has 0 aliphatic rings. The Hall–Kier alpha value is -2.20. The van der Waals surface area contributed by atoms with Gasteiger partial charge in [-0.15, -0.1) is 0 Å². The number of benzene rings is 2. The zero-order valence-electron chi connectivity index (χ0n) is 10.8. The minimum Gasteiger partial charge on any atom is -0.305 e. The number of aromatic nitrogens is 3.